The maximum atomic E-state index is 12.5. The molecule has 0 bridgehead atoms. The fourth-order valence-electron chi connectivity index (χ4n) is 2.23. The molecule has 0 radical (unpaired) electrons. The van der Waals surface area contributed by atoms with Gasteiger partial charge in [-0.1, -0.05) is 36.2 Å². The molecule has 0 aliphatic carbocycles. The van der Waals surface area contributed by atoms with Crippen molar-refractivity contribution in [1.29, 1.82) is 0 Å². The summed E-state index contributed by atoms with van der Waals surface area (Å²) in [5.74, 6) is -0.357. The monoisotopic (exact) mass is 333 g/mol. The minimum atomic E-state index is -0.357. The minimum absolute atomic E-state index is 0.259. The Bertz CT molecular complexity index is 837. The largest absolute Gasteiger partial charge is 0.319 e. The molecule has 1 N–H and O–H groups in total. The highest BCUT2D eigenvalue weighted by molar-refractivity contribution is 6.40. The van der Waals surface area contributed by atoms with Gasteiger partial charge in [-0.05, 0) is 30.7 Å². The Hall–Kier alpha value is -2.04. The van der Waals surface area contributed by atoms with Crippen molar-refractivity contribution >= 4 is 40.4 Å². The lowest BCUT2D eigenvalue weighted by atomic mass is 10.2. The van der Waals surface area contributed by atoms with Gasteiger partial charge in [0, 0.05) is 12.4 Å². The Morgan fingerprint density at radius 3 is 2.64 bits per heavy atom. The van der Waals surface area contributed by atoms with Gasteiger partial charge in [-0.15, -0.1) is 0 Å². The number of imidazole rings is 1. The van der Waals surface area contributed by atoms with E-state index >= 15 is 0 Å². The highest BCUT2D eigenvalue weighted by atomic mass is 35.5. The Labute approximate surface area is 137 Å². The van der Waals surface area contributed by atoms with Crippen LogP contribution in [0.15, 0.2) is 42.7 Å². The molecular formula is C16H13Cl2N3O. The predicted molar refractivity (Wildman–Crippen MR) is 89.0 cm³/mol. The van der Waals surface area contributed by atoms with Crippen molar-refractivity contribution in [1.82, 2.24) is 9.38 Å². The summed E-state index contributed by atoms with van der Waals surface area (Å²) in [6, 6.07) is 8.61. The van der Waals surface area contributed by atoms with E-state index in [0.29, 0.717) is 21.4 Å². The molecule has 6 heteroatoms. The van der Waals surface area contributed by atoms with E-state index in [2.05, 4.69) is 10.3 Å². The van der Waals surface area contributed by atoms with Crippen molar-refractivity contribution in [3.63, 3.8) is 0 Å². The van der Waals surface area contributed by atoms with Crippen molar-refractivity contribution in [2.24, 2.45) is 0 Å². The fourth-order valence-corrected chi connectivity index (χ4v) is 2.80. The Balaban J connectivity index is 1.99. The van der Waals surface area contributed by atoms with Crippen LogP contribution in [0.3, 0.4) is 0 Å². The van der Waals surface area contributed by atoms with Gasteiger partial charge in [-0.3, -0.25) is 4.79 Å². The summed E-state index contributed by atoms with van der Waals surface area (Å²) in [5.41, 5.74) is 2.52. The van der Waals surface area contributed by atoms with E-state index in [4.69, 9.17) is 23.2 Å². The molecule has 112 valence electrons. The van der Waals surface area contributed by atoms with E-state index in [1.165, 1.54) is 0 Å². The number of anilines is 1. The number of fused-ring (bicyclic) bond motifs is 1. The lowest BCUT2D eigenvalue weighted by Gasteiger charge is -2.09. The van der Waals surface area contributed by atoms with Crippen LogP contribution in [0.4, 0.5) is 5.69 Å². The topological polar surface area (TPSA) is 46.4 Å². The van der Waals surface area contributed by atoms with Crippen molar-refractivity contribution in [2.45, 2.75) is 13.3 Å². The molecule has 0 atom stereocenters. The van der Waals surface area contributed by atoms with E-state index in [9.17, 15) is 4.79 Å². The summed E-state index contributed by atoms with van der Waals surface area (Å²) in [6.07, 6.45) is 4.65. The molecule has 22 heavy (non-hydrogen) atoms. The molecule has 0 saturated heterocycles. The molecule has 0 spiro atoms. The molecule has 0 fully saturated rings. The van der Waals surface area contributed by atoms with E-state index in [-0.39, 0.29) is 11.5 Å². The lowest BCUT2D eigenvalue weighted by Crippen LogP contribution is -2.14. The highest BCUT2D eigenvalue weighted by Crippen LogP contribution is 2.26. The van der Waals surface area contributed by atoms with E-state index in [1.807, 2.05) is 29.8 Å². The van der Waals surface area contributed by atoms with E-state index < -0.39 is 0 Å². The number of nitrogens with zero attached hydrogens (tertiary/aromatic N) is 2. The first-order valence-electron chi connectivity index (χ1n) is 6.82. The molecule has 0 unspecified atom stereocenters. The lowest BCUT2D eigenvalue weighted by molar-refractivity contribution is 0.102. The van der Waals surface area contributed by atoms with Crippen LogP contribution >= 0.6 is 23.2 Å². The number of rotatable bonds is 3. The number of benzene rings is 1. The third kappa shape index (κ3) is 2.67. The van der Waals surface area contributed by atoms with E-state index in [0.717, 1.165) is 12.1 Å². The first-order valence-corrected chi connectivity index (χ1v) is 7.57. The van der Waals surface area contributed by atoms with Crippen molar-refractivity contribution in [2.75, 3.05) is 5.32 Å². The third-order valence-corrected chi connectivity index (χ3v) is 3.96. The molecular weight excluding hydrogens is 321 g/mol. The third-order valence-electron chi connectivity index (χ3n) is 3.33. The Kier molecular flexibility index (Phi) is 4.05. The van der Waals surface area contributed by atoms with Gasteiger partial charge < -0.3 is 9.72 Å². The number of pyridine rings is 1. The van der Waals surface area contributed by atoms with Gasteiger partial charge in [0.1, 0.15) is 0 Å². The molecule has 0 aliphatic rings. The van der Waals surface area contributed by atoms with Crippen LogP contribution in [0, 0.1) is 0 Å². The van der Waals surface area contributed by atoms with Crippen LogP contribution in [0.5, 0.6) is 0 Å². The summed E-state index contributed by atoms with van der Waals surface area (Å²) in [6.45, 7) is 2.03. The smallest absolute Gasteiger partial charge is 0.258 e. The van der Waals surface area contributed by atoms with Gasteiger partial charge in [-0.25, -0.2) is 4.98 Å². The van der Waals surface area contributed by atoms with E-state index in [1.54, 1.807) is 24.3 Å². The van der Waals surface area contributed by atoms with Crippen LogP contribution in [-0.2, 0) is 6.42 Å². The quantitative estimate of drug-likeness (QED) is 0.769. The number of aryl methyl sites for hydroxylation is 1. The zero-order valence-electron chi connectivity index (χ0n) is 11.8. The molecule has 3 aromatic rings. The number of amides is 1. The molecule has 0 saturated carbocycles. The predicted octanol–water partition coefficient (Wildman–Crippen LogP) is 4.46. The fraction of sp³-hybridized carbons (Fsp3) is 0.125. The second-order valence-electron chi connectivity index (χ2n) is 4.79. The second kappa shape index (κ2) is 5.99. The molecule has 2 aromatic heterocycles. The van der Waals surface area contributed by atoms with Crippen molar-refractivity contribution in [3.8, 4) is 0 Å². The minimum Gasteiger partial charge on any atom is -0.319 e. The van der Waals surface area contributed by atoms with Crippen LogP contribution in [0.25, 0.3) is 5.65 Å². The molecule has 0 aliphatic heterocycles. The summed E-state index contributed by atoms with van der Waals surface area (Å²) in [4.78, 5) is 17.0. The van der Waals surface area contributed by atoms with Crippen molar-refractivity contribution in [3.05, 3.63) is 64.0 Å². The van der Waals surface area contributed by atoms with Gasteiger partial charge in [0.2, 0.25) is 0 Å². The Morgan fingerprint density at radius 1 is 1.23 bits per heavy atom. The maximum absolute atomic E-state index is 12.5. The molecule has 4 nitrogen and oxygen atoms in total. The molecule has 2 heterocycles. The number of halogens is 2. The summed E-state index contributed by atoms with van der Waals surface area (Å²) < 4.78 is 1.88. The normalized spacial score (nSPS) is 10.9. The molecule has 3 rings (SSSR count). The average molecular weight is 334 g/mol. The van der Waals surface area contributed by atoms with Gasteiger partial charge >= 0.3 is 0 Å². The first kappa shape index (κ1) is 14.9. The number of carbonyl (C=O) groups is 1. The van der Waals surface area contributed by atoms with Gasteiger partial charge in [0.05, 0.1) is 27.0 Å². The molecule has 1 aromatic carbocycles. The zero-order chi connectivity index (χ0) is 15.7. The number of hydrogen-bond donors (Lipinski definition) is 1. The van der Waals surface area contributed by atoms with Crippen LogP contribution in [0.1, 0.15) is 23.0 Å². The van der Waals surface area contributed by atoms with Crippen molar-refractivity contribution < 1.29 is 4.79 Å². The van der Waals surface area contributed by atoms with Gasteiger partial charge in [0.25, 0.3) is 5.91 Å². The number of carbonyl (C=O) groups excluding carboxylic acids is 1. The van der Waals surface area contributed by atoms with Gasteiger partial charge in [0.15, 0.2) is 5.65 Å². The van der Waals surface area contributed by atoms with Crippen LogP contribution < -0.4 is 5.32 Å². The van der Waals surface area contributed by atoms with Crippen LogP contribution in [-0.4, -0.2) is 15.3 Å². The number of hydrogen-bond acceptors (Lipinski definition) is 2. The standard InChI is InChI=1S/C16H13Cl2N3O/c1-2-10-9-21-8-4-7-13(15(21)19-10)20-16(22)14-11(17)5-3-6-12(14)18/h3-9H,2H2,1H3,(H,20,22). The first-order chi connectivity index (χ1) is 10.6. The summed E-state index contributed by atoms with van der Waals surface area (Å²) in [7, 11) is 0. The van der Waals surface area contributed by atoms with Crippen LogP contribution in [0.2, 0.25) is 10.0 Å². The van der Waals surface area contributed by atoms with Gasteiger partial charge in [-0.2, -0.15) is 0 Å². The SMILES string of the molecule is CCc1cn2cccc(NC(=O)c3c(Cl)cccc3Cl)c2n1. The molecule has 1 amide bonds. The average Bonchev–Trinajstić information content (AvgIpc) is 2.91. The summed E-state index contributed by atoms with van der Waals surface area (Å²) in [5, 5.41) is 3.46. The number of aromatic nitrogens is 2. The Morgan fingerprint density at radius 2 is 1.95 bits per heavy atom. The summed E-state index contributed by atoms with van der Waals surface area (Å²) >= 11 is 12.1. The maximum Gasteiger partial charge on any atom is 0.258 e. The highest BCUT2D eigenvalue weighted by Gasteiger charge is 2.16. The second-order valence-corrected chi connectivity index (χ2v) is 5.60. The zero-order valence-corrected chi connectivity index (χ0v) is 13.3. The number of nitrogens with one attached hydrogen (secondary N) is 1.